The maximum Gasteiger partial charge on any atom is 0.189 e. The smallest absolute Gasteiger partial charge is 0.189 e. The van der Waals surface area contributed by atoms with Gasteiger partial charge in [0.15, 0.2) is 11.9 Å². The van der Waals surface area contributed by atoms with Gasteiger partial charge in [0.05, 0.1) is 6.20 Å². The molecule has 0 radical (unpaired) electrons. The van der Waals surface area contributed by atoms with E-state index in [1.807, 2.05) is 19.2 Å². The highest BCUT2D eigenvalue weighted by molar-refractivity contribution is 5.20. The molecule has 0 fully saturated rings. The van der Waals surface area contributed by atoms with Gasteiger partial charge in [0.2, 0.25) is 0 Å². The summed E-state index contributed by atoms with van der Waals surface area (Å²) in [4.78, 5) is 3.89. The third kappa shape index (κ3) is 2.05. The molecule has 5 heteroatoms. The molecule has 0 spiro atoms. The zero-order chi connectivity index (χ0) is 9.68. The van der Waals surface area contributed by atoms with Gasteiger partial charge in [-0.15, -0.1) is 0 Å². The van der Waals surface area contributed by atoms with E-state index in [-0.39, 0.29) is 12.3 Å². The summed E-state index contributed by atoms with van der Waals surface area (Å²) in [6, 6.07) is 1.86. The van der Waals surface area contributed by atoms with E-state index in [4.69, 9.17) is 15.3 Å². The second kappa shape index (κ2) is 4.24. The van der Waals surface area contributed by atoms with Crippen LogP contribution in [0.25, 0.3) is 0 Å². The minimum absolute atomic E-state index is 0.233. The van der Waals surface area contributed by atoms with Crippen LogP contribution >= 0.6 is 0 Å². The molecule has 0 saturated heterocycles. The van der Waals surface area contributed by atoms with Crippen LogP contribution in [0.15, 0.2) is 6.20 Å². The summed E-state index contributed by atoms with van der Waals surface area (Å²) < 4.78 is 6.31. The van der Waals surface area contributed by atoms with Gasteiger partial charge in [0.1, 0.15) is 18.5 Å². The zero-order valence-corrected chi connectivity index (χ0v) is 7.19. The van der Waals surface area contributed by atoms with Crippen molar-refractivity contribution >= 4 is 0 Å². The van der Waals surface area contributed by atoms with Gasteiger partial charge in [-0.25, -0.2) is 9.55 Å². The summed E-state index contributed by atoms with van der Waals surface area (Å²) in [6.07, 6.45) is 3.27. The first-order valence-corrected chi connectivity index (χ1v) is 3.78. The van der Waals surface area contributed by atoms with Crippen LogP contribution in [0.2, 0.25) is 0 Å². The molecule has 0 atom stereocenters. The van der Waals surface area contributed by atoms with Crippen molar-refractivity contribution in [3.05, 3.63) is 17.7 Å². The molecule has 0 N–H and O–H groups in total. The molecule has 0 amide bonds. The fourth-order valence-corrected chi connectivity index (χ4v) is 0.854. The predicted molar refractivity (Wildman–Crippen MR) is 43.3 cm³/mol. The number of imidazole rings is 1. The van der Waals surface area contributed by atoms with E-state index in [9.17, 15) is 0 Å². The van der Waals surface area contributed by atoms with Crippen LogP contribution in [-0.2, 0) is 11.3 Å². The van der Waals surface area contributed by atoms with E-state index in [2.05, 4.69) is 4.98 Å². The van der Waals surface area contributed by atoms with Crippen LogP contribution < -0.4 is 0 Å². The maximum absolute atomic E-state index is 8.63. The van der Waals surface area contributed by atoms with Crippen LogP contribution in [0.4, 0.5) is 0 Å². The Balaban J connectivity index is 2.87. The van der Waals surface area contributed by atoms with Gasteiger partial charge >= 0.3 is 0 Å². The third-order valence-corrected chi connectivity index (χ3v) is 1.44. The van der Waals surface area contributed by atoms with Crippen molar-refractivity contribution in [2.75, 3.05) is 6.61 Å². The van der Waals surface area contributed by atoms with E-state index in [1.54, 1.807) is 0 Å². The first-order valence-electron chi connectivity index (χ1n) is 3.78. The lowest BCUT2D eigenvalue weighted by Gasteiger charge is -1.97. The summed E-state index contributed by atoms with van der Waals surface area (Å²) in [5.41, 5.74) is 0.233. The number of aromatic nitrogens is 2. The maximum atomic E-state index is 8.63. The topological polar surface area (TPSA) is 74.6 Å². The molecule has 5 nitrogen and oxygen atoms in total. The highest BCUT2D eigenvalue weighted by Crippen LogP contribution is 2.02. The van der Waals surface area contributed by atoms with Gasteiger partial charge in [0.25, 0.3) is 0 Å². The van der Waals surface area contributed by atoms with E-state index < -0.39 is 0 Å². The van der Waals surface area contributed by atoms with Crippen molar-refractivity contribution in [2.24, 2.45) is 0 Å². The average Bonchev–Trinajstić information content (AvgIpc) is 2.57. The highest BCUT2D eigenvalue weighted by Gasteiger charge is 2.06. The summed E-state index contributed by atoms with van der Waals surface area (Å²) in [5, 5.41) is 17.2. The van der Waals surface area contributed by atoms with Crippen LogP contribution in [0.5, 0.6) is 0 Å². The van der Waals surface area contributed by atoms with E-state index in [1.165, 1.54) is 10.8 Å². The summed E-state index contributed by atoms with van der Waals surface area (Å²) in [7, 11) is 0. The zero-order valence-electron chi connectivity index (χ0n) is 7.19. The minimum atomic E-state index is 0.233. The largest absolute Gasteiger partial charge is 0.374 e. The molecule has 0 bridgehead atoms. The van der Waals surface area contributed by atoms with E-state index in [0.29, 0.717) is 12.4 Å². The first kappa shape index (κ1) is 9.24. The third-order valence-electron chi connectivity index (χ3n) is 1.44. The van der Waals surface area contributed by atoms with Crippen LogP contribution in [-0.4, -0.2) is 16.2 Å². The SMILES string of the molecule is CCOCc1nc(C#N)cn1C#N. The van der Waals surface area contributed by atoms with Crippen molar-refractivity contribution in [3.63, 3.8) is 0 Å². The Bertz CT molecular complexity index is 368. The number of rotatable bonds is 3. The summed E-state index contributed by atoms with van der Waals surface area (Å²) >= 11 is 0. The van der Waals surface area contributed by atoms with Crippen LogP contribution in [0, 0.1) is 22.8 Å². The van der Waals surface area contributed by atoms with Crippen molar-refractivity contribution in [2.45, 2.75) is 13.5 Å². The van der Waals surface area contributed by atoms with Crippen molar-refractivity contribution < 1.29 is 4.74 Å². The van der Waals surface area contributed by atoms with Crippen molar-refractivity contribution in [1.29, 1.82) is 10.5 Å². The number of hydrogen-bond acceptors (Lipinski definition) is 4. The molecular weight excluding hydrogens is 168 g/mol. The first-order chi connectivity index (χ1) is 6.31. The summed E-state index contributed by atoms with van der Waals surface area (Å²) in [5.74, 6) is 0.459. The fourth-order valence-electron chi connectivity index (χ4n) is 0.854. The molecule has 1 heterocycles. The minimum Gasteiger partial charge on any atom is -0.374 e. The molecule has 1 aromatic rings. The number of nitriles is 2. The van der Waals surface area contributed by atoms with Crippen LogP contribution in [0.3, 0.4) is 0 Å². The number of nitrogens with zero attached hydrogens (tertiary/aromatic N) is 4. The molecule has 0 saturated carbocycles. The van der Waals surface area contributed by atoms with Crippen molar-refractivity contribution in [1.82, 2.24) is 9.55 Å². The van der Waals surface area contributed by atoms with Gasteiger partial charge in [-0.1, -0.05) is 0 Å². The normalized spacial score (nSPS) is 9.15. The highest BCUT2D eigenvalue weighted by atomic mass is 16.5. The molecule has 13 heavy (non-hydrogen) atoms. The molecule has 0 aliphatic rings. The van der Waals surface area contributed by atoms with Gasteiger partial charge in [0, 0.05) is 6.61 Å². The average molecular weight is 176 g/mol. The van der Waals surface area contributed by atoms with E-state index >= 15 is 0 Å². The molecule has 1 rings (SSSR count). The summed E-state index contributed by atoms with van der Waals surface area (Å²) in [6.45, 7) is 2.66. The Morgan fingerprint density at radius 2 is 2.38 bits per heavy atom. The lowest BCUT2D eigenvalue weighted by Crippen LogP contribution is -2.00. The molecule has 0 aromatic carbocycles. The van der Waals surface area contributed by atoms with Gasteiger partial charge in [-0.3, -0.25) is 0 Å². The van der Waals surface area contributed by atoms with Gasteiger partial charge < -0.3 is 4.74 Å². The molecule has 0 unspecified atom stereocenters. The molecule has 66 valence electrons. The molecule has 1 aromatic heterocycles. The Labute approximate surface area is 75.8 Å². The van der Waals surface area contributed by atoms with Crippen LogP contribution in [0.1, 0.15) is 18.4 Å². The Morgan fingerprint density at radius 1 is 1.62 bits per heavy atom. The van der Waals surface area contributed by atoms with Gasteiger partial charge in [-0.05, 0) is 6.92 Å². The quantitative estimate of drug-likeness (QED) is 0.676. The van der Waals surface area contributed by atoms with Gasteiger partial charge in [-0.2, -0.15) is 10.5 Å². The van der Waals surface area contributed by atoms with E-state index in [0.717, 1.165) is 0 Å². The Hall–Kier alpha value is -1.85. The fraction of sp³-hybridized carbons (Fsp3) is 0.375. The standard InChI is InChI=1S/C8H8N4O/c1-2-13-5-8-11-7(3-9)4-12(8)6-10/h4H,2,5H2,1H3. The Kier molecular flexibility index (Phi) is 3.02. The Morgan fingerprint density at radius 3 is 2.92 bits per heavy atom. The molecule has 0 aliphatic heterocycles. The number of ether oxygens (including phenoxy) is 1. The lowest BCUT2D eigenvalue weighted by molar-refractivity contribution is 0.127. The monoisotopic (exact) mass is 176 g/mol. The molecule has 0 aliphatic carbocycles. The second-order valence-corrected chi connectivity index (χ2v) is 2.26. The van der Waals surface area contributed by atoms with Crippen molar-refractivity contribution in [3.8, 4) is 12.3 Å². The predicted octanol–water partition coefficient (Wildman–Crippen LogP) is 0.620. The molecular formula is C8H8N4O. The lowest BCUT2D eigenvalue weighted by atomic mass is 10.5. The number of hydrogen-bond donors (Lipinski definition) is 0. The second-order valence-electron chi connectivity index (χ2n) is 2.26.